The fourth-order valence-corrected chi connectivity index (χ4v) is 4.80. The summed E-state index contributed by atoms with van der Waals surface area (Å²) in [4.78, 5) is 25.5. The van der Waals surface area contributed by atoms with Crippen molar-refractivity contribution in [2.24, 2.45) is 17.1 Å². The molecule has 7 heteroatoms. The van der Waals surface area contributed by atoms with E-state index in [1.165, 1.54) is 0 Å². The summed E-state index contributed by atoms with van der Waals surface area (Å²) in [5, 5.41) is 14.9. The van der Waals surface area contributed by atoms with Crippen molar-refractivity contribution in [3.8, 4) is 0 Å². The Morgan fingerprint density at radius 1 is 1.28 bits per heavy atom. The van der Waals surface area contributed by atoms with E-state index in [2.05, 4.69) is 10.7 Å². The number of hydrazine groups is 1. The number of nitrogens with zero attached hydrogens (tertiary/aromatic N) is 1. The Morgan fingerprint density at radius 3 is 2.48 bits per heavy atom. The molecule has 3 rings (SSSR count). The molecule has 1 unspecified atom stereocenters. The monoisotopic (exact) mass is 400 g/mol. The van der Waals surface area contributed by atoms with Gasteiger partial charge < -0.3 is 21.6 Å². The van der Waals surface area contributed by atoms with E-state index in [4.69, 9.17) is 5.73 Å². The van der Waals surface area contributed by atoms with Crippen molar-refractivity contribution in [1.29, 1.82) is 0 Å². The van der Waals surface area contributed by atoms with Crippen LogP contribution in [0.3, 0.4) is 0 Å². The van der Waals surface area contributed by atoms with Gasteiger partial charge in [0.25, 0.3) is 5.91 Å². The van der Waals surface area contributed by atoms with Crippen LogP contribution in [0.15, 0.2) is 42.1 Å². The van der Waals surface area contributed by atoms with Crippen molar-refractivity contribution in [2.75, 3.05) is 7.05 Å². The van der Waals surface area contributed by atoms with Gasteiger partial charge in [0.15, 0.2) is 0 Å². The first-order chi connectivity index (χ1) is 13.6. The first-order valence-corrected chi connectivity index (χ1v) is 10.2. The number of aliphatic hydroxyl groups is 1. The minimum absolute atomic E-state index is 0.140. The van der Waals surface area contributed by atoms with Gasteiger partial charge in [-0.3, -0.25) is 9.59 Å². The maximum atomic E-state index is 13.0. The topological polar surface area (TPSA) is 108 Å². The van der Waals surface area contributed by atoms with Crippen LogP contribution in [0, 0.1) is 11.3 Å². The lowest BCUT2D eigenvalue weighted by Gasteiger charge is -2.49. The zero-order valence-electron chi connectivity index (χ0n) is 17.6. The van der Waals surface area contributed by atoms with E-state index in [0.717, 1.165) is 5.56 Å². The van der Waals surface area contributed by atoms with Gasteiger partial charge in [-0.25, -0.2) is 0 Å². The van der Waals surface area contributed by atoms with Crippen LogP contribution in [0.4, 0.5) is 0 Å². The van der Waals surface area contributed by atoms with Crippen LogP contribution in [0.1, 0.15) is 51.6 Å². The Hall–Kier alpha value is -2.38. The molecule has 1 saturated carbocycles. The van der Waals surface area contributed by atoms with Crippen LogP contribution >= 0.6 is 0 Å². The number of benzene rings is 1. The number of primary amides is 1. The minimum atomic E-state index is -1.17. The van der Waals surface area contributed by atoms with Crippen molar-refractivity contribution < 1.29 is 14.7 Å². The number of nitrogens with two attached hydrogens (primary N) is 1. The highest BCUT2D eigenvalue weighted by atomic mass is 16.3. The van der Waals surface area contributed by atoms with Crippen molar-refractivity contribution in [2.45, 2.75) is 57.7 Å². The molecule has 29 heavy (non-hydrogen) atoms. The minimum Gasteiger partial charge on any atom is -0.393 e. The van der Waals surface area contributed by atoms with Gasteiger partial charge >= 0.3 is 0 Å². The first-order valence-electron chi connectivity index (χ1n) is 10.2. The molecular formula is C22H32N4O3. The third kappa shape index (κ3) is 3.65. The number of nitrogens with one attached hydrogen (secondary N) is 2. The highest BCUT2D eigenvalue weighted by Gasteiger charge is 2.56. The molecule has 2 aliphatic rings. The lowest BCUT2D eigenvalue weighted by Crippen LogP contribution is -2.63. The Kier molecular flexibility index (Phi) is 5.74. The molecule has 5 N–H and O–H groups in total. The molecular weight excluding hydrogens is 368 g/mol. The average Bonchev–Trinajstić information content (AvgIpc) is 3.11. The van der Waals surface area contributed by atoms with E-state index >= 15 is 0 Å². The van der Waals surface area contributed by atoms with Gasteiger partial charge in [-0.15, -0.1) is 0 Å². The van der Waals surface area contributed by atoms with E-state index in [1.807, 2.05) is 56.1 Å². The standard InChI is InChI=1S/C22H32N4O3/c1-14(15-8-6-5-7-9-15)26-22(20(23)29,13-17(25-26)19(28)24-4)16-10-11-18(27)21(2,3)12-16/h5-9,13-14,16,18,25,27H,10-12H2,1-4H3,(H2,23,29)(H,24,28)/t14-,16-,18-,22?/m0/s1. The molecule has 0 aromatic heterocycles. The molecule has 0 bridgehead atoms. The Balaban J connectivity index is 2.09. The predicted molar refractivity (Wildman–Crippen MR) is 111 cm³/mol. The van der Waals surface area contributed by atoms with Crippen molar-refractivity contribution >= 4 is 11.8 Å². The number of carbonyl (C=O) groups is 2. The van der Waals surface area contributed by atoms with Gasteiger partial charge in [0.1, 0.15) is 11.2 Å². The number of amides is 2. The number of aliphatic hydroxyl groups excluding tert-OH is 1. The number of carbonyl (C=O) groups excluding carboxylic acids is 2. The van der Waals surface area contributed by atoms with Crippen molar-refractivity contribution in [1.82, 2.24) is 15.8 Å². The molecule has 7 nitrogen and oxygen atoms in total. The predicted octanol–water partition coefficient (Wildman–Crippen LogP) is 1.61. The number of hydrogen-bond acceptors (Lipinski definition) is 5. The maximum Gasteiger partial charge on any atom is 0.268 e. The van der Waals surface area contributed by atoms with E-state index in [1.54, 1.807) is 13.1 Å². The summed E-state index contributed by atoms with van der Waals surface area (Å²) in [5.41, 5.74) is 9.01. The Bertz CT molecular complexity index is 808. The van der Waals surface area contributed by atoms with Gasteiger partial charge in [-0.2, -0.15) is 5.01 Å². The van der Waals surface area contributed by atoms with E-state index in [9.17, 15) is 14.7 Å². The van der Waals surface area contributed by atoms with Gasteiger partial charge in [-0.1, -0.05) is 44.2 Å². The van der Waals surface area contributed by atoms with Gasteiger partial charge in [0.2, 0.25) is 5.91 Å². The molecule has 0 saturated heterocycles. The molecule has 0 spiro atoms. The molecule has 0 radical (unpaired) electrons. The third-order valence-corrected chi connectivity index (χ3v) is 6.63. The third-order valence-electron chi connectivity index (χ3n) is 6.63. The molecule has 1 aromatic carbocycles. The van der Waals surface area contributed by atoms with Gasteiger partial charge in [0.05, 0.1) is 12.1 Å². The van der Waals surface area contributed by atoms with Crippen LogP contribution in [0.25, 0.3) is 0 Å². The Labute approximate surface area is 172 Å². The normalized spacial score (nSPS) is 30.2. The van der Waals surface area contributed by atoms with E-state index in [0.29, 0.717) is 25.0 Å². The zero-order chi connectivity index (χ0) is 21.4. The van der Waals surface area contributed by atoms with Crippen LogP contribution < -0.4 is 16.5 Å². The second-order valence-electron chi connectivity index (χ2n) is 8.88. The lowest BCUT2D eigenvalue weighted by molar-refractivity contribution is -0.138. The highest BCUT2D eigenvalue weighted by Crippen LogP contribution is 2.48. The van der Waals surface area contributed by atoms with Crippen LogP contribution in [-0.2, 0) is 9.59 Å². The smallest absolute Gasteiger partial charge is 0.268 e. The lowest BCUT2D eigenvalue weighted by atomic mass is 9.63. The quantitative estimate of drug-likeness (QED) is 0.601. The van der Waals surface area contributed by atoms with Crippen LogP contribution in [0.5, 0.6) is 0 Å². The molecule has 2 amide bonds. The largest absolute Gasteiger partial charge is 0.393 e. The Morgan fingerprint density at radius 2 is 1.93 bits per heavy atom. The zero-order valence-corrected chi connectivity index (χ0v) is 17.6. The molecule has 158 valence electrons. The molecule has 1 heterocycles. The fraction of sp³-hybridized carbons (Fsp3) is 0.545. The second-order valence-corrected chi connectivity index (χ2v) is 8.88. The van der Waals surface area contributed by atoms with Crippen molar-refractivity contribution in [3.05, 3.63) is 47.7 Å². The molecule has 1 aliphatic carbocycles. The molecule has 1 fully saturated rings. The highest BCUT2D eigenvalue weighted by molar-refractivity contribution is 5.97. The molecule has 4 atom stereocenters. The average molecular weight is 401 g/mol. The summed E-state index contributed by atoms with van der Waals surface area (Å²) in [6.07, 6.45) is 3.11. The summed E-state index contributed by atoms with van der Waals surface area (Å²) in [7, 11) is 1.56. The summed E-state index contributed by atoms with van der Waals surface area (Å²) in [6.45, 7) is 6.01. The summed E-state index contributed by atoms with van der Waals surface area (Å²) in [6, 6.07) is 9.60. The van der Waals surface area contributed by atoms with E-state index < -0.39 is 17.6 Å². The van der Waals surface area contributed by atoms with Crippen LogP contribution in [-0.4, -0.2) is 40.6 Å². The fourth-order valence-electron chi connectivity index (χ4n) is 4.80. The number of hydrogen-bond donors (Lipinski definition) is 4. The summed E-state index contributed by atoms with van der Waals surface area (Å²) < 4.78 is 0. The summed E-state index contributed by atoms with van der Waals surface area (Å²) in [5.74, 6) is -0.934. The molecule has 1 aromatic rings. The van der Waals surface area contributed by atoms with Crippen molar-refractivity contribution in [3.63, 3.8) is 0 Å². The first kappa shape index (κ1) is 21.3. The molecule has 1 aliphatic heterocycles. The maximum absolute atomic E-state index is 13.0. The van der Waals surface area contributed by atoms with Gasteiger partial charge in [-0.05, 0) is 49.2 Å². The second kappa shape index (κ2) is 7.80. The summed E-state index contributed by atoms with van der Waals surface area (Å²) >= 11 is 0. The number of likely N-dealkylation sites (N-methyl/N-ethyl adjacent to an activating group) is 1. The van der Waals surface area contributed by atoms with Gasteiger partial charge in [0, 0.05) is 7.05 Å². The SMILES string of the molecule is CNC(=O)C1=CC(C(N)=O)([C@H]2CC[C@H](O)C(C)(C)C2)N([C@@H](C)c2ccccc2)N1. The number of rotatable bonds is 5. The van der Waals surface area contributed by atoms with E-state index in [-0.39, 0.29) is 23.3 Å². The van der Waals surface area contributed by atoms with Crippen LogP contribution in [0.2, 0.25) is 0 Å².